The Bertz CT molecular complexity index is 539. The molecule has 0 radical (unpaired) electrons. The molecule has 1 N–H and O–H groups in total. The Balaban J connectivity index is 2.46. The van der Waals surface area contributed by atoms with E-state index < -0.39 is 0 Å². The van der Waals surface area contributed by atoms with Crippen LogP contribution in [0.5, 0.6) is 0 Å². The molecule has 0 saturated heterocycles. The van der Waals surface area contributed by atoms with Crippen molar-refractivity contribution in [3.05, 3.63) is 40.4 Å². The first-order valence-electron chi connectivity index (χ1n) is 5.44. The normalized spacial score (nSPS) is 10.6. The molecule has 0 aliphatic carbocycles. The average Bonchev–Trinajstić information content (AvgIpc) is 2.71. The van der Waals surface area contributed by atoms with Crippen LogP contribution in [0.3, 0.4) is 0 Å². The zero-order valence-corrected chi connectivity index (χ0v) is 9.53. The van der Waals surface area contributed by atoms with Gasteiger partial charge < -0.3 is 4.98 Å². The minimum absolute atomic E-state index is 0.0368. The predicted molar refractivity (Wildman–Crippen MR) is 63.3 cm³/mol. The zero-order valence-electron chi connectivity index (χ0n) is 9.53. The molecule has 4 nitrogen and oxygen atoms in total. The summed E-state index contributed by atoms with van der Waals surface area (Å²) in [5.41, 5.74) is 2.73. The molecule has 0 aliphatic rings. The lowest BCUT2D eigenvalue weighted by Gasteiger charge is -2.06. The second kappa shape index (κ2) is 4.35. The van der Waals surface area contributed by atoms with Crippen LogP contribution in [0.1, 0.15) is 18.9 Å². The van der Waals surface area contributed by atoms with E-state index in [9.17, 15) is 4.79 Å². The zero-order chi connectivity index (χ0) is 11.5. The van der Waals surface area contributed by atoms with E-state index in [-0.39, 0.29) is 5.56 Å². The Kier molecular flexibility index (Phi) is 2.90. The number of hydrogen-bond donors (Lipinski definition) is 1. The van der Waals surface area contributed by atoms with Crippen LogP contribution >= 0.6 is 0 Å². The molecule has 0 unspecified atom stereocenters. The molecule has 0 aliphatic heterocycles. The van der Waals surface area contributed by atoms with Crippen molar-refractivity contribution in [2.45, 2.75) is 26.8 Å². The first kappa shape index (κ1) is 10.7. The van der Waals surface area contributed by atoms with E-state index in [1.807, 2.05) is 23.7 Å². The number of aromatic nitrogens is 3. The number of pyridine rings is 1. The summed E-state index contributed by atoms with van der Waals surface area (Å²) in [4.78, 5) is 14.0. The van der Waals surface area contributed by atoms with Crippen molar-refractivity contribution >= 4 is 0 Å². The molecular weight excluding hydrogens is 202 g/mol. The number of aryl methyl sites for hydroxylation is 2. The molecule has 0 aromatic carbocycles. The molecule has 0 fully saturated rings. The molecule has 0 atom stereocenters. The summed E-state index contributed by atoms with van der Waals surface area (Å²) in [6, 6.07) is 3.85. The predicted octanol–water partition coefficient (Wildman–Crippen LogP) is 1.96. The standard InChI is InChI=1S/C12H15N3O/c1-3-6-15-11(4-5-14-15)10-7-9(2)12(16)13-8-10/h4-5,7-8H,3,6H2,1-2H3,(H,13,16). The molecule has 16 heavy (non-hydrogen) atoms. The fraction of sp³-hybridized carbons (Fsp3) is 0.333. The quantitative estimate of drug-likeness (QED) is 0.854. The number of H-pyrrole nitrogens is 1. The lowest BCUT2D eigenvalue weighted by atomic mass is 10.1. The van der Waals surface area contributed by atoms with Gasteiger partial charge in [-0.1, -0.05) is 6.92 Å². The van der Waals surface area contributed by atoms with Crippen molar-refractivity contribution in [3.63, 3.8) is 0 Å². The van der Waals surface area contributed by atoms with Gasteiger partial charge in [-0.2, -0.15) is 5.10 Å². The van der Waals surface area contributed by atoms with Gasteiger partial charge >= 0.3 is 0 Å². The maximum atomic E-state index is 11.3. The molecule has 2 rings (SSSR count). The Morgan fingerprint density at radius 1 is 1.50 bits per heavy atom. The lowest BCUT2D eigenvalue weighted by molar-refractivity contribution is 0.609. The summed E-state index contributed by atoms with van der Waals surface area (Å²) in [5, 5.41) is 4.26. The average molecular weight is 217 g/mol. The number of aromatic amines is 1. The van der Waals surface area contributed by atoms with Gasteiger partial charge in [0, 0.05) is 30.1 Å². The minimum Gasteiger partial charge on any atom is -0.328 e. The van der Waals surface area contributed by atoms with Crippen LogP contribution < -0.4 is 5.56 Å². The summed E-state index contributed by atoms with van der Waals surface area (Å²) >= 11 is 0. The molecule has 2 aromatic rings. The van der Waals surface area contributed by atoms with Crippen LogP contribution in [0.4, 0.5) is 0 Å². The van der Waals surface area contributed by atoms with Crippen molar-refractivity contribution in [1.82, 2.24) is 14.8 Å². The summed E-state index contributed by atoms with van der Waals surface area (Å²) in [6.45, 7) is 4.81. The minimum atomic E-state index is -0.0368. The van der Waals surface area contributed by atoms with Crippen molar-refractivity contribution in [2.75, 3.05) is 0 Å². The van der Waals surface area contributed by atoms with E-state index in [4.69, 9.17) is 0 Å². The number of nitrogens with one attached hydrogen (secondary N) is 1. The first-order chi connectivity index (χ1) is 7.72. The third-order valence-electron chi connectivity index (χ3n) is 2.54. The molecule has 0 spiro atoms. The topological polar surface area (TPSA) is 50.7 Å². The van der Waals surface area contributed by atoms with Crippen molar-refractivity contribution in [2.24, 2.45) is 0 Å². The Morgan fingerprint density at radius 3 is 3.00 bits per heavy atom. The maximum Gasteiger partial charge on any atom is 0.250 e. The molecule has 4 heteroatoms. The van der Waals surface area contributed by atoms with Crippen LogP contribution in [-0.4, -0.2) is 14.8 Å². The van der Waals surface area contributed by atoms with Gasteiger partial charge in [-0.05, 0) is 25.5 Å². The SMILES string of the molecule is CCCn1nccc1-c1c[nH]c(=O)c(C)c1. The van der Waals surface area contributed by atoms with Crippen molar-refractivity contribution in [1.29, 1.82) is 0 Å². The van der Waals surface area contributed by atoms with Gasteiger partial charge in [-0.15, -0.1) is 0 Å². The summed E-state index contributed by atoms with van der Waals surface area (Å²) in [6.07, 6.45) is 4.56. The number of rotatable bonds is 3. The van der Waals surface area contributed by atoms with E-state index in [1.165, 1.54) is 0 Å². The van der Waals surface area contributed by atoms with Gasteiger partial charge in [0.05, 0.1) is 5.69 Å². The summed E-state index contributed by atoms with van der Waals surface area (Å²) in [7, 11) is 0. The van der Waals surface area contributed by atoms with Crippen molar-refractivity contribution < 1.29 is 0 Å². The van der Waals surface area contributed by atoms with E-state index in [0.717, 1.165) is 29.8 Å². The molecule has 0 saturated carbocycles. The molecule has 2 heterocycles. The Morgan fingerprint density at radius 2 is 2.31 bits per heavy atom. The summed E-state index contributed by atoms with van der Waals surface area (Å²) in [5.74, 6) is 0. The fourth-order valence-electron chi connectivity index (χ4n) is 1.71. The van der Waals surface area contributed by atoms with E-state index >= 15 is 0 Å². The number of hydrogen-bond acceptors (Lipinski definition) is 2. The summed E-state index contributed by atoms with van der Waals surface area (Å²) < 4.78 is 1.95. The molecule has 84 valence electrons. The van der Waals surface area contributed by atoms with Crippen LogP contribution in [-0.2, 0) is 6.54 Å². The second-order valence-corrected chi connectivity index (χ2v) is 3.84. The highest BCUT2D eigenvalue weighted by atomic mass is 16.1. The highest BCUT2D eigenvalue weighted by Gasteiger charge is 2.05. The maximum absolute atomic E-state index is 11.3. The Hall–Kier alpha value is -1.84. The Labute approximate surface area is 93.9 Å². The highest BCUT2D eigenvalue weighted by Crippen LogP contribution is 2.17. The highest BCUT2D eigenvalue weighted by molar-refractivity contribution is 5.58. The fourth-order valence-corrected chi connectivity index (χ4v) is 1.71. The second-order valence-electron chi connectivity index (χ2n) is 3.84. The van der Waals surface area contributed by atoms with Crippen LogP contribution in [0.15, 0.2) is 29.3 Å². The molecule has 0 amide bonds. The van der Waals surface area contributed by atoms with Gasteiger partial charge in [0.1, 0.15) is 0 Å². The van der Waals surface area contributed by atoms with Crippen LogP contribution in [0.2, 0.25) is 0 Å². The third-order valence-corrected chi connectivity index (χ3v) is 2.54. The number of nitrogens with zero attached hydrogens (tertiary/aromatic N) is 2. The van der Waals surface area contributed by atoms with Gasteiger partial charge in [-0.25, -0.2) is 0 Å². The lowest BCUT2D eigenvalue weighted by Crippen LogP contribution is -2.09. The largest absolute Gasteiger partial charge is 0.328 e. The van der Waals surface area contributed by atoms with Gasteiger partial charge in [0.2, 0.25) is 0 Å². The molecular formula is C12H15N3O. The van der Waals surface area contributed by atoms with Gasteiger partial charge in [0.15, 0.2) is 0 Å². The third kappa shape index (κ3) is 1.91. The van der Waals surface area contributed by atoms with Gasteiger partial charge in [0.25, 0.3) is 5.56 Å². The van der Waals surface area contributed by atoms with Crippen LogP contribution in [0.25, 0.3) is 11.3 Å². The first-order valence-corrected chi connectivity index (χ1v) is 5.44. The monoisotopic (exact) mass is 217 g/mol. The molecule has 0 bridgehead atoms. The van der Waals surface area contributed by atoms with Crippen LogP contribution in [0, 0.1) is 6.92 Å². The van der Waals surface area contributed by atoms with E-state index in [2.05, 4.69) is 17.0 Å². The van der Waals surface area contributed by atoms with Crippen molar-refractivity contribution in [3.8, 4) is 11.3 Å². The smallest absolute Gasteiger partial charge is 0.250 e. The molecule has 2 aromatic heterocycles. The van der Waals surface area contributed by atoms with Gasteiger partial charge in [-0.3, -0.25) is 9.48 Å². The van der Waals surface area contributed by atoms with E-state index in [1.54, 1.807) is 12.4 Å². The van der Waals surface area contributed by atoms with E-state index in [0.29, 0.717) is 0 Å².